The predicted octanol–water partition coefficient (Wildman–Crippen LogP) is 2.71. The highest BCUT2D eigenvalue weighted by molar-refractivity contribution is 7.09. The van der Waals surface area contributed by atoms with Crippen LogP contribution in [0.15, 0.2) is 29.6 Å². The Kier molecular flexibility index (Phi) is 6.46. The van der Waals surface area contributed by atoms with Crippen LogP contribution in [0.5, 0.6) is 0 Å². The second kappa shape index (κ2) is 8.82. The summed E-state index contributed by atoms with van der Waals surface area (Å²) in [5.41, 5.74) is 1.54. The largest absolute Gasteiger partial charge is 0.468 e. The summed E-state index contributed by atoms with van der Waals surface area (Å²) in [4.78, 5) is 33.1. The molecule has 3 rings (SSSR count). The summed E-state index contributed by atoms with van der Waals surface area (Å²) < 4.78 is 5.00. The number of rotatable bonds is 5. The molecule has 0 saturated carbocycles. The number of carbonyl (C=O) groups excluding carboxylic acids is 2. The SMILES string of the molecule is COC(=O)C(c1ccccc1Cl)N1CCN(C(=O)Cc2csc(C)n2)CC1. The molecule has 27 heavy (non-hydrogen) atoms. The van der Waals surface area contributed by atoms with Crippen molar-refractivity contribution in [1.82, 2.24) is 14.8 Å². The number of benzene rings is 1. The first-order valence-electron chi connectivity index (χ1n) is 8.74. The first-order valence-corrected chi connectivity index (χ1v) is 10.0. The molecule has 1 aliphatic heterocycles. The molecule has 0 spiro atoms. The van der Waals surface area contributed by atoms with E-state index < -0.39 is 6.04 Å². The Balaban J connectivity index is 1.66. The molecule has 0 aliphatic carbocycles. The number of methoxy groups -OCH3 is 1. The van der Waals surface area contributed by atoms with Gasteiger partial charge in [-0.2, -0.15) is 0 Å². The summed E-state index contributed by atoms with van der Waals surface area (Å²) in [6.07, 6.45) is 0.315. The van der Waals surface area contributed by atoms with E-state index in [2.05, 4.69) is 4.98 Å². The number of amides is 1. The van der Waals surface area contributed by atoms with Crippen LogP contribution in [0.4, 0.5) is 0 Å². The molecule has 144 valence electrons. The molecule has 1 unspecified atom stereocenters. The Hall–Kier alpha value is -1.96. The topological polar surface area (TPSA) is 62.7 Å². The van der Waals surface area contributed by atoms with Gasteiger partial charge in [0.05, 0.1) is 24.2 Å². The lowest BCUT2D eigenvalue weighted by molar-refractivity contribution is -0.148. The van der Waals surface area contributed by atoms with Gasteiger partial charge in [0, 0.05) is 36.6 Å². The summed E-state index contributed by atoms with van der Waals surface area (Å²) in [7, 11) is 1.38. The summed E-state index contributed by atoms with van der Waals surface area (Å²) >= 11 is 7.85. The van der Waals surface area contributed by atoms with Gasteiger partial charge >= 0.3 is 5.97 Å². The third-order valence-electron chi connectivity index (χ3n) is 4.66. The van der Waals surface area contributed by atoms with Crippen LogP contribution in [0.1, 0.15) is 22.3 Å². The Morgan fingerprint density at radius 3 is 2.56 bits per heavy atom. The van der Waals surface area contributed by atoms with Crippen molar-refractivity contribution >= 4 is 34.8 Å². The molecule has 6 nitrogen and oxygen atoms in total. The van der Waals surface area contributed by atoms with Gasteiger partial charge in [0.2, 0.25) is 5.91 Å². The van der Waals surface area contributed by atoms with Crippen molar-refractivity contribution in [2.45, 2.75) is 19.4 Å². The molecule has 1 amide bonds. The van der Waals surface area contributed by atoms with Gasteiger partial charge in [-0.1, -0.05) is 29.8 Å². The zero-order chi connectivity index (χ0) is 19.4. The molecular formula is C19H22ClN3O3S. The second-order valence-corrected chi connectivity index (χ2v) is 7.87. The quantitative estimate of drug-likeness (QED) is 0.713. The maximum absolute atomic E-state index is 12.5. The Bertz CT molecular complexity index is 818. The molecule has 2 aromatic rings. The third-order valence-corrected chi connectivity index (χ3v) is 5.82. The van der Waals surface area contributed by atoms with Gasteiger partial charge in [0.1, 0.15) is 6.04 Å². The van der Waals surface area contributed by atoms with Crippen molar-refractivity contribution in [3.63, 3.8) is 0 Å². The Morgan fingerprint density at radius 2 is 1.96 bits per heavy atom. The maximum atomic E-state index is 12.5. The van der Waals surface area contributed by atoms with Crippen LogP contribution in [-0.4, -0.2) is 59.9 Å². The predicted molar refractivity (Wildman–Crippen MR) is 105 cm³/mol. The number of thiazole rings is 1. The molecule has 0 N–H and O–H groups in total. The Morgan fingerprint density at radius 1 is 1.26 bits per heavy atom. The minimum absolute atomic E-state index is 0.0623. The van der Waals surface area contributed by atoms with Crippen molar-refractivity contribution in [2.24, 2.45) is 0 Å². The first-order chi connectivity index (χ1) is 13.0. The Labute approximate surface area is 167 Å². The fourth-order valence-corrected chi connectivity index (χ4v) is 4.12. The van der Waals surface area contributed by atoms with E-state index in [1.807, 2.05) is 40.3 Å². The van der Waals surface area contributed by atoms with Crippen LogP contribution in [0.2, 0.25) is 5.02 Å². The molecule has 0 bridgehead atoms. The van der Waals surface area contributed by atoms with Crippen LogP contribution < -0.4 is 0 Å². The van der Waals surface area contributed by atoms with E-state index >= 15 is 0 Å². The first kappa shape index (κ1) is 19.8. The fourth-order valence-electron chi connectivity index (χ4n) is 3.27. The number of aryl methyl sites for hydroxylation is 1. The lowest BCUT2D eigenvalue weighted by Crippen LogP contribution is -2.51. The van der Waals surface area contributed by atoms with Gasteiger partial charge in [-0.05, 0) is 18.6 Å². The average molecular weight is 408 g/mol. The van der Waals surface area contributed by atoms with Crippen molar-refractivity contribution < 1.29 is 14.3 Å². The fraction of sp³-hybridized carbons (Fsp3) is 0.421. The summed E-state index contributed by atoms with van der Waals surface area (Å²) in [5.74, 6) is -0.284. The third kappa shape index (κ3) is 4.66. The average Bonchev–Trinajstić information content (AvgIpc) is 3.08. The van der Waals surface area contributed by atoms with Crippen LogP contribution >= 0.6 is 22.9 Å². The number of aromatic nitrogens is 1. The van der Waals surface area contributed by atoms with Crippen LogP contribution in [0, 0.1) is 6.92 Å². The minimum Gasteiger partial charge on any atom is -0.468 e. The van der Waals surface area contributed by atoms with E-state index in [9.17, 15) is 9.59 Å². The molecule has 8 heteroatoms. The number of ether oxygens (including phenoxy) is 1. The van der Waals surface area contributed by atoms with Crippen LogP contribution in [0.3, 0.4) is 0 Å². The highest BCUT2D eigenvalue weighted by Gasteiger charge is 2.33. The molecule has 1 fully saturated rings. The van der Waals surface area contributed by atoms with E-state index in [0.29, 0.717) is 37.6 Å². The molecule has 1 aromatic carbocycles. The standard InChI is InChI=1S/C19H22ClN3O3S/c1-13-21-14(12-27-13)11-17(24)22-7-9-23(10-8-22)18(19(25)26-2)15-5-3-4-6-16(15)20/h3-6,12,18H,7-11H2,1-2H3. The monoisotopic (exact) mass is 407 g/mol. The van der Waals surface area contributed by atoms with E-state index in [4.69, 9.17) is 16.3 Å². The number of hydrogen-bond acceptors (Lipinski definition) is 6. The number of nitrogens with zero attached hydrogens (tertiary/aromatic N) is 3. The second-order valence-electron chi connectivity index (χ2n) is 6.40. The van der Waals surface area contributed by atoms with Gasteiger partial charge in [0.25, 0.3) is 0 Å². The molecular weight excluding hydrogens is 386 g/mol. The summed E-state index contributed by atoms with van der Waals surface area (Å²) in [5, 5.41) is 3.42. The zero-order valence-corrected chi connectivity index (χ0v) is 16.9. The van der Waals surface area contributed by atoms with Gasteiger partial charge in [-0.25, -0.2) is 9.78 Å². The van der Waals surface area contributed by atoms with Gasteiger partial charge in [-0.15, -0.1) is 11.3 Å². The summed E-state index contributed by atoms with van der Waals surface area (Å²) in [6.45, 7) is 4.19. The van der Waals surface area contributed by atoms with Crippen molar-refractivity contribution in [3.8, 4) is 0 Å². The van der Waals surface area contributed by atoms with E-state index in [1.54, 1.807) is 17.4 Å². The van der Waals surface area contributed by atoms with Crippen molar-refractivity contribution in [1.29, 1.82) is 0 Å². The van der Waals surface area contributed by atoms with Gasteiger partial charge in [-0.3, -0.25) is 9.69 Å². The molecule has 1 aromatic heterocycles. The molecule has 1 aliphatic rings. The van der Waals surface area contributed by atoms with Crippen LogP contribution in [0.25, 0.3) is 0 Å². The number of esters is 1. The summed E-state index contributed by atoms with van der Waals surface area (Å²) in [6, 6.07) is 6.72. The van der Waals surface area contributed by atoms with Crippen molar-refractivity contribution in [2.75, 3.05) is 33.3 Å². The smallest absolute Gasteiger partial charge is 0.327 e. The number of halogens is 1. The van der Waals surface area contributed by atoms with Gasteiger partial charge in [0.15, 0.2) is 0 Å². The zero-order valence-electron chi connectivity index (χ0n) is 15.4. The van der Waals surface area contributed by atoms with Gasteiger partial charge < -0.3 is 9.64 Å². The van der Waals surface area contributed by atoms with Crippen molar-refractivity contribution in [3.05, 3.63) is 50.9 Å². The lowest BCUT2D eigenvalue weighted by atomic mass is 10.0. The highest BCUT2D eigenvalue weighted by Crippen LogP contribution is 2.29. The number of carbonyl (C=O) groups is 2. The molecule has 2 heterocycles. The molecule has 1 saturated heterocycles. The highest BCUT2D eigenvalue weighted by atomic mass is 35.5. The molecule has 1 atom stereocenters. The number of hydrogen-bond donors (Lipinski definition) is 0. The van der Waals surface area contributed by atoms with E-state index in [-0.39, 0.29) is 11.9 Å². The normalized spacial score (nSPS) is 16.2. The van der Waals surface area contributed by atoms with Crippen LogP contribution in [-0.2, 0) is 20.7 Å². The lowest BCUT2D eigenvalue weighted by Gasteiger charge is -2.38. The maximum Gasteiger partial charge on any atom is 0.327 e. The number of piperazine rings is 1. The van der Waals surface area contributed by atoms with E-state index in [0.717, 1.165) is 16.3 Å². The van der Waals surface area contributed by atoms with E-state index in [1.165, 1.54) is 7.11 Å². The molecule has 0 radical (unpaired) electrons. The minimum atomic E-state index is -0.567.